The van der Waals surface area contributed by atoms with Crippen LogP contribution in [0.1, 0.15) is 31.7 Å². The van der Waals surface area contributed by atoms with Gasteiger partial charge in [0, 0.05) is 31.2 Å². The standard InChI is InChI=1S/C16H24N2O/c1-16(8-4-7-15(16)17)12-18-9-10-19-14-6-3-2-5-13(14)11-18/h2-3,5-6,15H,4,7-12,17H2,1H3. The topological polar surface area (TPSA) is 38.5 Å². The third-order valence-electron chi connectivity index (χ3n) is 4.77. The summed E-state index contributed by atoms with van der Waals surface area (Å²) in [6, 6.07) is 8.73. The van der Waals surface area contributed by atoms with Gasteiger partial charge >= 0.3 is 0 Å². The molecule has 1 aliphatic carbocycles. The predicted molar refractivity (Wildman–Crippen MR) is 77.1 cm³/mol. The molecule has 2 aliphatic rings. The summed E-state index contributed by atoms with van der Waals surface area (Å²) in [7, 11) is 0. The Labute approximate surface area is 115 Å². The van der Waals surface area contributed by atoms with Crippen LogP contribution in [0, 0.1) is 5.41 Å². The van der Waals surface area contributed by atoms with Crippen LogP contribution in [0.4, 0.5) is 0 Å². The number of benzene rings is 1. The van der Waals surface area contributed by atoms with E-state index < -0.39 is 0 Å². The van der Waals surface area contributed by atoms with Crippen molar-refractivity contribution in [1.29, 1.82) is 0 Å². The van der Waals surface area contributed by atoms with Crippen molar-refractivity contribution in [3.63, 3.8) is 0 Å². The first-order chi connectivity index (χ1) is 9.17. The molecule has 0 amide bonds. The highest BCUT2D eigenvalue weighted by molar-refractivity contribution is 5.33. The lowest BCUT2D eigenvalue weighted by molar-refractivity contribution is 0.137. The molecule has 1 aromatic carbocycles. The molecule has 104 valence electrons. The Morgan fingerprint density at radius 3 is 3.05 bits per heavy atom. The fourth-order valence-corrected chi connectivity index (χ4v) is 3.48. The zero-order valence-corrected chi connectivity index (χ0v) is 11.8. The van der Waals surface area contributed by atoms with Crippen molar-refractivity contribution in [1.82, 2.24) is 4.90 Å². The Morgan fingerprint density at radius 2 is 2.26 bits per heavy atom. The molecule has 2 unspecified atom stereocenters. The fourth-order valence-electron chi connectivity index (χ4n) is 3.48. The highest BCUT2D eigenvalue weighted by Crippen LogP contribution is 2.38. The van der Waals surface area contributed by atoms with Gasteiger partial charge in [-0.2, -0.15) is 0 Å². The maximum Gasteiger partial charge on any atom is 0.123 e. The molecule has 19 heavy (non-hydrogen) atoms. The monoisotopic (exact) mass is 260 g/mol. The first-order valence-electron chi connectivity index (χ1n) is 7.36. The number of para-hydroxylation sites is 1. The minimum atomic E-state index is 0.277. The smallest absolute Gasteiger partial charge is 0.123 e. The largest absolute Gasteiger partial charge is 0.492 e. The van der Waals surface area contributed by atoms with Gasteiger partial charge < -0.3 is 10.5 Å². The summed E-state index contributed by atoms with van der Waals surface area (Å²) in [4.78, 5) is 2.51. The zero-order valence-electron chi connectivity index (χ0n) is 11.8. The summed E-state index contributed by atoms with van der Waals surface area (Å²) in [5.41, 5.74) is 7.88. The lowest BCUT2D eigenvalue weighted by Gasteiger charge is -2.34. The van der Waals surface area contributed by atoms with Crippen molar-refractivity contribution < 1.29 is 4.74 Å². The van der Waals surface area contributed by atoms with E-state index in [0.29, 0.717) is 6.04 Å². The number of hydrogen-bond acceptors (Lipinski definition) is 3. The molecule has 3 heteroatoms. The van der Waals surface area contributed by atoms with E-state index in [1.165, 1.54) is 24.8 Å². The van der Waals surface area contributed by atoms with Crippen molar-refractivity contribution in [3.8, 4) is 5.75 Å². The molecule has 0 spiro atoms. The first-order valence-corrected chi connectivity index (χ1v) is 7.36. The van der Waals surface area contributed by atoms with Gasteiger partial charge in [-0.15, -0.1) is 0 Å². The van der Waals surface area contributed by atoms with E-state index in [2.05, 4.69) is 30.0 Å². The molecule has 1 aromatic rings. The Balaban J connectivity index is 1.73. The Hall–Kier alpha value is -1.06. The second-order valence-electron chi connectivity index (χ2n) is 6.32. The van der Waals surface area contributed by atoms with Crippen LogP contribution in [0.5, 0.6) is 5.75 Å². The summed E-state index contributed by atoms with van der Waals surface area (Å²) in [6.45, 7) is 6.20. The van der Waals surface area contributed by atoms with Gasteiger partial charge in [0.2, 0.25) is 0 Å². The fraction of sp³-hybridized carbons (Fsp3) is 0.625. The molecule has 0 radical (unpaired) electrons. The van der Waals surface area contributed by atoms with Crippen molar-refractivity contribution in [2.75, 3.05) is 19.7 Å². The van der Waals surface area contributed by atoms with Gasteiger partial charge in [-0.05, 0) is 24.3 Å². The van der Waals surface area contributed by atoms with E-state index in [9.17, 15) is 0 Å². The van der Waals surface area contributed by atoms with Crippen molar-refractivity contribution in [2.45, 2.75) is 38.8 Å². The lowest BCUT2D eigenvalue weighted by atomic mass is 9.84. The molecular formula is C16H24N2O. The van der Waals surface area contributed by atoms with E-state index >= 15 is 0 Å². The predicted octanol–water partition coefficient (Wildman–Crippen LogP) is 2.40. The van der Waals surface area contributed by atoms with Gasteiger partial charge in [0.1, 0.15) is 12.4 Å². The van der Waals surface area contributed by atoms with Gasteiger partial charge in [0.05, 0.1) is 0 Å². The summed E-state index contributed by atoms with van der Waals surface area (Å²) >= 11 is 0. The van der Waals surface area contributed by atoms with E-state index in [1.54, 1.807) is 0 Å². The molecule has 3 rings (SSSR count). The van der Waals surface area contributed by atoms with Crippen molar-refractivity contribution in [3.05, 3.63) is 29.8 Å². The molecule has 1 aliphatic heterocycles. The molecule has 0 bridgehead atoms. The zero-order chi connectivity index (χ0) is 13.3. The quantitative estimate of drug-likeness (QED) is 0.887. The maximum absolute atomic E-state index is 6.31. The van der Waals surface area contributed by atoms with Crippen LogP contribution in [0.2, 0.25) is 0 Å². The van der Waals surface area contributed by atoms with Crippen LogP contribution in [0.15, 0.2) is 24.3 Å². The summed E-state index contributed by atoms with van der Waals surface area (Å²) < 4.78 is 5.83. The summed E-state index contributed by atoms with van der Waals surface area (Å²) in [5, 5.41) is 0. The Kier molecular flexibility index (Phi) is 3.50. The number of nitrogens with two attached hydrogens (primary N) is 1. The van der Waals surface area contributed by atoms with Gasteiger partial charge in [-0.3, -0.25) is 4.90 Å². The highest BCUT2D eigenvalue weighted by atomic mass is 16.5. The lowest BCUT2D eigenvalue weighted by Crippen LogP contribution is -2.44. The summed E-state index contributed by atoms with van der Waals surface area (Å²) in [6.07, 6.45) is 3.71. The highest BCUT2D eigenvalue weighted by Gasteiger charge is 2.38. The normalized spacial score (nSPS) is 31.6. The van der Waals surface area contributed by atoms with Crippen LogP contribution < -0.4 is 10.5 Å². The third-order valence-corrected chi connectivity index (χ3v) is 4.77. The van der Waals surface area contributed by atoms with Gasteiger partial charge in [0.15, 0.2) is 0 Å². The third kappa shape index (κ3) is 2.63. The van der Waals surface area contributed by atoms with Crippen LogP contribution in [0.3, 0.4) is 0 Å². The number of fused-ring (bicyclic) bond motifs is 1. The van der Waals surface area contributed by atoms with E-state index in [4.69, 9.17) is 10.5 Å². The summed E-state index contributed by atoms with van der Waals surface area (Å²) in [5.74, 6) is 1.05. The molecule has 2 atom stereocenters. The molecule has 3 nitrogen and oxygen atoms in total. The molecular weight excluding hydrogens is 236 g/mol. The van der Waals surface area contributed by atoms with Crippen LogP contribution in [-0.4, -0.2) is 30.6 Å². The first kappa shape index (κ1) is 12.9. The maximum atomic E-state index is 6.31. The molecule has 1 heterocycles. The number of rotatable bonds is 2. The van der Waals surface area contributed by atoms with Gasteiger partial charge in [-0.1, -0.05) is 31.5 Å². The molecule has 1 saturated carbocycles. The van der Waals surface area contributed by atoms with E-state index in [-0.39, 0.29) is 5.41 Å². The van der Waals surface area contributed by atoms with Gasteiger partial charge in [-0.25, -0.2) is 0 Å². The van der Waals surface area contributed by atoms with Crippen molar-refractivity contribution >= 4 is 0 Å². The SMILES string of the molecule is CC1(CN2CCOc3ccccc3C2)CCCC1N. The second kappa shape index (κ2) is 5.14. The Morgan fingerprint density at radius 1 is 1.42 bits per heavy atom. The molecule has 2 N–H and O–H groups in total. The van der Waals surface area contributed by atoms with E-state index in [0.717, 1.165) is 32.0 Å². The minimum Gasteiger partial charge on any atom is -0.492 e. The Bertz CT molecular complexity index is 448. The van der Waals surface area contributed by atoms with Crippen molar-refractivity contribution in [2.24, 2.45) is 11.1 Å². The number of hydrogen-bond donors (Lipinski definition) is 1. The molecule has 0 aromatic heterocycles. The molecule has 0 saturated heterocycles. The minimum absolute atomic E-state index is 0.277. The van der Waals surface area contributed by atoms with Crippen LogP contribution >= 0.6 is 0 Å². The van der Waals surface area contributed by atoms with E-state index in [1.807, 2.05) is 6.07 Å². The van der Waals surface area contributed by atoms with Crippen LogP contribution in [0.25, 0.3) is 0 Å². The number of nitrogens with zero attached hydrogens (tertiary/aromatic N) is 1. The number of ether oxygens (including phenoxy) is 1. The van der Waals surface area contributed by atoms with Gasteiger partial charge in [0.25, 0.3) is 0 Å². The molecule has 1 fully saturated rings. The average Bonchev–Trinajstić information content (AvgIpc) is 2.62. The van der Waals surface area contributed by atoms with Crippen LogP contribution in [-0.2, 0) is 6.54 Å². The average molecular weight is 260 g/mol. The second-order valence-corrected chi connectivity index (χ2v) is 6.32.